The number of hydrogen-bond donors (Lipinski definition) is 1. The van der Waals surface area contributed by atoms with Crippen molar-refractivity contribution in [2.24, 2.45) is 0 Å². The lowest BCUT2D eigenvalue weighted by atomic mass is 10.2. The molecule has 102 valence electrons. The van der Waals surface area contributed by atoms with E-state index in [2.05, 4.69) is 19.9 Å². The smallest absolute Gasteiger partial charge is 0.137 e. The van der Waals surface area contributed by atoms with E-state index in [1.165, 1.54) is 4.90 Å². The lowest BCUT2D eigenvalue weighted by Crippen LogP contribution is -3.16. The van der Waals surface area contributed by atoms with Gasteiger partial charge in [0.25, 0.3) is 0 Å². The Bertz CT molecular complexity index is 446. The molecule has 0 unspecified atom stereocenters. The number of quaternary nitrogens is 1. The van der Waals surface area contributed by atoms with E-state index in [9.17, 15) is 0 Å². The van der Waals surface area contributed by atoms with Gasteiger partial charge in [-0.25, -0.2) is 0 Å². The van der Waals surface area contributed by atoms with Crippen molar-refractivity contribution >= 4 is 0 Å². The maximum Gasteiger partial charge on any atom is 0.137 e. The summed E-state index contributed by atoms with van der Waals surface area (Å²) in [5, 5.41) is 8.98. The van der Waals surface area contributed by atoms with Crippen molar-refractivity contribution in [3.63, 3.8) is 0 Å². The third kappa shape index (κ3) is 3.95. The zero-order chi connectivity index (χ0) is 13.7. The summed E-state index contributed by atoms with van der Waals surface area (Å²) in [5.41, 5.74) is 0.598. The van der Waals surface area contributed by atoms with Crippen LogP contribution in [0.4, 0.5) is 0 Å². The van der Waals surface area contributed by atoms with Gasteiger partial charge in [-0.05, 0) is 26.0 Å². The summed E-state index contributed by atoms with van der Waals surface area (Å²) in [5.74, 6) is 0.679. The van der Waals surface area contributed by atoms with Crippen LogP contribution in [0.15, 0.2) is 24.3 Å². The Hall–Kier alpha value is -1.57. The van der Waals surface area contributed by atoms with Crippen LogP contribution < -0.4 is 9.64 Å². The van der Waals surface area contributed by atoms with Crippen molar-refractivity contribution in [2.45, 2.75) is 26.1 Å². The highest BCUT2D eigenvalue weighted by Crippen LogP contribution is 2.15. The average Bonchev–Trinajstić information content (AvgIpc) is 2.38. The molecule has 1 heterocycles. The van der Waals surface area contributed by atoms with Crippen LogP contribution in [0.1, 0.15) is 19.4 Å². The fourth-order valence-corrected chi connectivity index (χ4v) is 2.58. The Labute approximate surface area is 114 Å². The number of morpholine rings is 1. The van der Waals surface area contributed by atoms with Gasteiger partial charge < -0.3 is 14.4 Å². The minimum Gasteiger partial charge on any atom is -0.486 e. The first-order valence-electron chi connectivity index (χ1n) is 6.80. The molecule has 0 amide bonds. The number of hydrogen-bond acceptors (Lipinski definition) is 3. The van der Waals surface area contributed by atoms with Crippen molar-refractivity contribution in [3.8, 4) is 11.8 Å². The second kappa shape index (κ2) is 6.55. The van der Waals surface area contributed by atoms with E-state index < -0.39 is 0 Å². The van der Waals surface area contributed by atoms with E-state index in [-0.39, 0.29) is 0 Å². The van der Waals surface area contributed by atoms with Crippen LogP contribution in [-0.4, -0.2) is 38.4 Å². The predicted molar refractivity (Wildman–Crippen MR) is 72.2 cm³/mol. The molecule has 1 fully saturated rings. The molecular formula is C15H21N2O2+. The van der Waals surface area contributed by atoms with Gasteiger partial charge in [0.15, 0.2) is 0 Å². The number of para-hydroxylation sites is 1. The number of ether oxygens (including phenoxy) is 2. The molecule has 0 bridgehead atoms. The van der Waals surface area contributed by atoms with Crippen molar-refractivity contribution in [2.75, 3.05) is 26.2 Å². The van der Waals surface area contributed by atoms with E-state index >= 15 is 0 Å². The van der Waals surface area contributed by atoms with Crippen molar-refractivity contribution in [3.05, 3.63) is 29.8 Å². The van der Waals surface area contributed by atoms with Gasteiger partial charge in [-0.3, -0.25) is 0 Å². The summed E-state index contributed by atoms with van der Waals surface area (Å²) >= 11 is 0. The summed E-state index contributed by atoms with van der Waals surface area (Å²) in [4.78, 5) is 1.50. The molecular weight excluding hydrogens is 240 g/mol. The maximum atomic E-state index is 8.98. The van der Waals surface area contributed by atoms with Crippen LogP contribution >= 0.6 is 0 Å². The molecule has 19 heavy (non-hydrogen) atoms. The van der Waals surface area contributed by atoms with Gasteiger partial charge in [-0.15, -0.1) is 0 Å². The van der Waals surface area contributed by atoms with Crippen molar-refractivity contribution in [1.29, 1.82) is 5.26 Å². The number of benzene rings is 1. The molecule has 0 aromatic heterocycles. The Kier molecular flexibility index (Phi) is 4.78. The van der Waals surface area contributed by atoms with Crippen molar-refractivity contribution < 1.29 is 14.4 Å². The first-order valence-corrected chi connectivity index (χ1v) is 6.80. The van der Waals surface area contributed by atoms with E-state index in [4.69, 9.17) is 14.7 Å². The molecule has 4 heteroatoms. The molecule has 0 radical (unpaired) electrons. The molecule has 0 aliphatic carbocycles. The lowest BCUT2D eigenvalue weighted by molar-refractivity contribution is -0.915. The maximum absolute atomic E-state index is 8.98. The summed E-state index contributed by atoms with van der Waals surface area (Å²) < 4.78 is 11.4. The molecule has 4 nitrogen and oxygen atoms in total. The third-order valence-electron chi connectivity index (χ3n) is 3.34. The van der Waals surface area contributed by atoms with Crippen LogP contribution in [-0.2, 0) is 4.74 Å². The molecule has 1 saturated heterocycles. The van der Waals surface area contributed by atoms with Gasteiger partial charge in [0.2, 0.25) is 0 Å². The van der Waals surface area contributed by atoms with E-state index in [0.717, 1.165) is 19.6 Å². The van der Waals surface area contributed by atoms with Gasteiger partial charge in [-0.1, -0.05) is 12.1 Å². The molecule has 1 N–H and O–H groups in total. The Balaban J connectivity index is 1.82. The Morgan fingerprint density at radius 1 is 1.32 bits per heavy atom. The molecule has 1 aromatic carbocycles. The molecule has 0 spiro atoms. The highest BCUT2D eigenvalue weighted by Gasteiger charge is 2.25. The SMILES string of the molecule is C[C@@H]1C[NH+](CCOc2ccccc2C#N)C[C@@H](C)O1. The van der Waals surface area contributed by atoms with Crippen LogP contribution in [0.5, 0.6) is 5.75 Å². The first-order chi connectivity index (χ1) is 9.19. The molecule has 2 atom stereocenters. The van der Waals surface area contributed by atoms with Crippen LogP contribution in [0.2, 0.25) is 0 Å². The monoisotopic (exact) mass is 261 g/mol. The summed E-state index contributed by atoms with van der Waals surface area (Å²) in [6.45, 7) is 7.84. The molecule has 1 aliphatic heterocycles. The zero-order valence-corrected chi connectivity index (χ0v) is 11.6. The zero-order valence-electron chi connectivity index (χ0n) is 11.6. The van der Waals surface area contributed by atoms with Crippen LogP contribution in [0.25, 0.3) is 0 Å². The summed E-state index contributed by atoms with van der Waals surface area (Å²) in [7, 11) is 0. The van der Waals surface area contributed by atoms with E-state index in [0.29, 0.717) is 30.1 Å². The average molecular weight is 261 g/mol. The molecule has 1 aliphatic rings. The Morgan fingerprint density at radius 3 is 2.68 bits per heavy atom. The van der Waals surface area contributed by atoms with E-state index in [1.54, 1.807) is 6.07 Å². The lowest BCUT2D eigenvalue weighted by Gasteiger charge is -2.32. The standard InChI is InChI=1S/C15H20N2O2/c1-12-10-17(11-13(2)19-12)7-8-18-15-6-4-3-5-14(15)9-16/h3-6,12-13H,7-8,10-11H2,1-2H3/p+1/t12-,13-/m1/s1. The largest absolute Gasteiger partial charge is 0.486 e. The highest BCUT2D eigenvalue weighted by atomic mass is 16.5. The number of rotatable bonds is 4. The van der Waals surface area contributed by atoms with Gasteiger partial charge in [0.1, 0.15) is 50.3 Å². The first kappa shape index (κ1) is 13.9. The molecule has 0 saturated carbocycles. The van der Waals surface area contributed by atoms with Crippen molar-refractivity contribution in [1.82, 2.24) is 0 Å². The van der Waals surface area contributed by atoms with Gasteiger partial charge in [0.05, 0.1) is 5.56 Å². The van der Waals surface area contributed by atoms with Crippen LogP contribution in [0, 0.1) is 11.3 Å². The predicted octanol–water partition coefficient (Wildman–Crippen LogP) is 0.629. The summed E-state index contributed by atoms with van der Waals surface area (Å²) in [6.07, 6.45) is 0.621. The van der Waals surface area contributed by atoms with Gasteiger partial charge in [-0.2, -0.15) is 5.26 Å². The van der Waals surface area contributed by atoms with Gasteiger partial charge >= 0.3 is 0 Å². The Morgan fingerprint density at radius 2 is 2.00 bits per heavy atom. The summed E-state index contributed by atoms with van der Waals surface area (Å²) in [6, 6.07) is 9.51. The third-order valence-corrected chi connectivity index (χ3v) is 3.34. The fourth-order valence-electron chi connectivity index (χ4n) is 2.58. The molecule has 2 rings (SSSR count). The minimum atomic E-state index is 0.310. The number of nitriles is 1. The number of nitrogens with one attached hydrogen (secondary N) is 1. The second-order valence-electron chi connectivity index (χ2n) is 5.12. The minimum absolute atomic E-state index is 0.310. The van der Waals surface area contributed by atoms with Gasteiger partial charge in [0, 0.05) is 0 Å². The normalized spacial score (nSPS) is 26.7. The topological polar surface area (TPSA) is 46.7 Å². The van der Waals surface area contributed by atoms with E-state index in [1.807, 2.05) is 18.2 Å². The highest BCUT2D eigenvalue weighted by molar-refractivity contribution is 5.42. The quantitative estimate of drug-likeness (QED) is 0.865. The second-order valence-corrected chi connectivity index (χ2v) is 5.12. The fraction of sp³-hybridized carbons (Fsp3) is 0.533. The van der Waals surface area contributed by atoms with Crippen LogP contribution in [0.3, 0.4) is 0 Å². The molecule has 1 aromatic rings. The number of nitrogens with zero attached hydrogens (tertiary/aromatic N) is 1.